The number of nitrogens with zero attached hydrogens (tertiary/aromatic N) is 1. The van der Waals surface area contributed by atoms with Gasteiger partial charge >= 0.3 is 0 Å². The fourth-order valence-electron chi connectivity index (χ4n) is 2.40. The lowest BCUT2D eigenvalue weighted by Crippen LogP contribution is -2.34. The fourth-order valence-corrected chi connectivity index (χ4v) is 4.72. The molecular weight excluding hydrogens is 354 g/mol. The number of hydrogen-bond acceptors (Lipinski definition) is 3. The van der Waals surface area contributed by atoms with Gasteiger partial charge in [-0.15, -0.1) is 0 Å². The first kappa shape index (κ1) is 15.3. The summed E-state index contributed by atoms with van der Waals surface area (Å²) in [6, 6.07) is 4.97. The number of sulfonamides is 1. The Morgan fingerprint density at radius 1 is 1.19 bits per heavy atom. The molecule has 1 aromatic carbocycles. The Labute approximate surface area is 134 Å². The molecule has 2 aliphatic rings. The van der Waals surface area contributed by atoms with Crippen molar-refractivity contribution in [3.63, 3.8) is 0 Å². The normalized spacial score (nSPS) is 19.0. The van der Waals surface area contributed by atoms with E-state index in [1.165, 1.54) is 0 Å². The lowest BCUT2D eigenvalue weighted by atomic mass is 10.3. The SMILES string of the molecule is COc1ccc(S(=O)(=O)N(CC2CC2)CC2CC2)cc1Br. The monoisotopic (exact) mass is 373 g/mol. The molecule has 1 aromatic rings. The minimum Gasteiger partial charge on any atom is -0.496 e. The van der Waals surface area contributed by atoms with E-state index in [0.717, 1.165) is 25.7 Å². The quantitative estimate of drug-likeness (QED) is 0.736. The summed E-state index contributed by atoms with van der Waals surface area (Å²) in [6.07, 6.45) is 4.62. The Bertz CT molecular complexity index is 610. The molecule has 0 saturated heterocycles. The van der Waals surface area contributed by atoms with Gasteiger partial charge in [-0.25, -0.2) is 8.42 Å². The Hall–Kier alpha value is -0.590. The highest BCUT2D eigenvalue weighted by atomic mass is 79.9. The smallest absolute Gasteiger partial charge is 0.243 e. The van der Waals surface area contributed by atoms with Crippen LogP contribution in [0.25, 0.3) is 0 Å². The number of halogens is 1. The molecule has 0 atom stereocenters. The van der Waals surface area contributed by atoms with E-state index < -0.39 is 10.0 Å². The topological polar surface area (TPSA) is 46.6 Å². The number of ether oxygens (including phenoxy) is 1. The molecule has 21 heavy (non-hydrogen) atoms. The third-order valence-corrected chi connectivity index (χ3v) is 6.53. The lowest BCUT2D eigenvalue weighted by Gasteiger charge is -2.22. The molecule has 0 amide bonds. The molecule has 2 fully saturated rings. The van der Waals surface area contributed by atoms with E-state index in [0.29, 0.717) is 40.0 Å². The molecule has 0 heterocycles. The van der Waals surface area contributed by atoms with Crippen molar-refractivity contribution < 1.29 is 13.2 Å². The lowest BCUT2D eigenvalue weighted by molar-refractivity contribution is 0.382. The van der Waals surface area contributed by atoms with E-state index in [9.17, 15) is 8.42 Å². The van der Waals surface area contributed by atoms with Gasteiger partial charge in [0.05, 0.1) is 16.5 Å². The fraction of sp³-hybridized carbons (Fsp3) is 0.600. The van der Waals surface area contributed by atoms with E-state index in [2.05, 4.69) is 15.9 Å². The van der Waals surface area contributed by atoms with Crippen LogP contribution < -0.4 is 4.74 Å². The molecule has 3 rings (SSSR count). The number of rotatable bonds is 7. The van der Waals surface area contributed by atoms with Gasteiger partial charge in [0.2, 0.25) is 10.0 Å². The maximum Gasteiger partial charge on any atom is 0.243 e. The Kier molecular flexibility index (Phi) is 4.30. The molecule has 0 spiro atoms. The van der Waals surface area contributed by atoms with Gasteiger partial charge in [0, 0.05) is 13.1 Å². The van der Waals surface area contributed by atoms with Crippen molar-refractivity contribution in [3.05, 3.63) is 22.7 Å². The summed E-state index contributed by atoms with van der Waals surface area (Å²) >= 11 is 3.37. The van der Waals surface area contributed by atoms with Crippen LogP contribution in [0.1, 0.15) is 25.7 Å². The van der Waals surface area contributed by atoms with Crippen LogP contribution in [0.4, 0.5) is 0 Å². The van der Waals surface area contributed by atoms with Crippen molar-refractivity contribution in [2.45, 2.75) is 30.6 Å². The van der Waals surface area contributed by atoms with Gasteiger partial charge < -0.3 is 4.74 Å². The van der Waals surface area contributed by atoms with Crippen LogP contribution in [0.2, 0.25) is 0 Å². The van der Waals surface area contributed by atoms with E-state index in [1.807, 2.05) is 0 Å². The molecule has 4 nitrogen and oxygen atoms in total. The molecule has 0 N–H and O–H groups in total. The van der Waals surface area contributed by atoms with Crippen molar-refractivity contribution in [3.8, 4) is 5.75 Å². The molecule has 0 aliphatic heterocycles. The first-order chi connectivity index (χ1) is 10.0. The van der Waals surface area contributed by atoms with E-state index in [4.69, 9.17) is 4.74 Å². The number of hydrogen-bond donors (Lipinski definition) is 0. The first-order valence-corrected chi connectivity index (χ1v) is 9.57. The van der Waals surface area contributed by atoms with Crippen LogP contribution in [-0.4, -0.2) is 32.9 Å². The van der Waals surface area contributed by atoms with Crippen LogP contribution >= 0.6 is 15.9 Å². The molecular formula is C15H20BrNO3S. The maximum absolute atomic E-state index is 12.9. The number of benzene rings is 1. The summed E-state index contributed by atoms with van der Waals surface area (Å²) in [7, 11) is -1.84. The second-order valence-electron chi connectivity index (χ2n) is 6.01. The van der Waals surface area contributed by atoms with Gasteiger partial charge in [0.1, 0.15) is 5.75 Å². The maximum atomic E-state index is 12.9. The third kappa shape index (κ3) is 3.60. The Balaban J connectivity index is 1.86. The summed E-state index contributed by atoms with van der Waals surface area (Å²) in [5.74, 6) is 1.75. The molecule has 0 bridgehead atoms. The molecule has 0 aromatic heterocycles. The predicted molar refractivity (Wildman–Crippen MR) is 84.9 cm³/mol. The van der Waals surface area contributed by atoms with E-state index in [1.54, 1.807) is 29.6 Å². The van der Waals surface area contributed by atoms with E-state index >= 15 is 0 Å². The highest BCUT2D eigenvalue weighted by Gasteiger charge is 2.35. The van der Waals surface area contributed by atoms with Crippen molar-refractivity contribution in [1.82, 2.24) is 4.31 Å². The summed E-state index contributed by atoms with van der Waals surface area (Å²) in [6.45, 7) is 1.34. The standard InChI is InChI=1S/C15H20BrNO3S/c1-20-15-7-6-13(8-14(15)16)21(18,19)17(9-11-2-3-11)10-12-4-5-12/h6-8,11-12H,2-5,9-10H2,1H3. The van der Waals surface area contributed by atoms with Gasteiger partial charge in [-0.1, -0.05) is 0 Å². The van der Waals surface area contributed by atoms with Crippen molar-refractivity contribution >= 4 is 26.0 Å². The van der Waals surface area contributed by atoms with Gasteiger partial charge in [-0.3, -0.25) is 0 Å². The average molecular weight is 374 g/mol. The van der Waals surface area contributed by atoms with Gasteiger partial charge in [0.15, 0.2) is 0 Å². The van der Waals surface area contributed by atoms with Crippen LogP contribution in [0.15, 0.2) is 27.6 Å². The largest absolute Gasteiger partial charge is 0.496 e. The van der Waals surface area contributed by atoms with Crippen molar-refractivity contribution in [2.24, 2.45) is 11.8 Å². The minimum atomic E-state index is -3.41. The van der Waals surface area contributed by atoms with Crippen LogP contribution in [0.5, 0.6) is 5.75 Å². The Morgan fingerprint density at radius 2 is 1.76 bits per heavy atom. The molecule has 6 heteroatoms. The zero-order valence-electron chi connectivity index (χ0n) is 12.1. The number of methoxy groups -OCH3 is 1. The second kappa shape index (κ2) is 5.89. The molecule has 2 aliphatic carbocycles. The second-order valence-corrected chi connectivity index (χ2v) is 8.80. The zero-order valence-corrected chi connectivity index (χ0v) is 14.5. The van der Waals surface area contributed by atoms with Gasteiger partial charge in [-0.05, 0) is 71.6 Å². The first-order valence-electron chi connectivity index (χ1n) is 7.34. The summed E-state index contributed by atoms with van der Waals surface area (Å²) in [5, 5.41) is 0. The summed E-state index contributed by atoms with van der Waals surface area (Å²) < 4.78 is 33.3. The van der Waals surface area contributed by atoms with E-state index in [-0.39, 0.29) is 0 Å². The van der Waals surface area contributed by atoms with Crippen molar-refractivity contribution in [1.29, 1.82) is 0 Å². The zero-order chi connectivity index (χ0) is 15.0. The summed E-state index contributed by atoms with van der Waals surface area (Å²) in [4.78, 5) is 0.344. The highest BCUT2D eigenvalue weighted by molar-refractivity contribution is 9.10. The van der Waals surface area contributed by atoms with Crippen LogP contribution in [-0.2, 0) is 10.0 Å². The predicted octanol–water partition coefficient (Wildman–Crippen LogP) is 3.27. The average Bonchev–Trinajstić information content (AvgIpc) is 3.33. The minimum absolute atomic E-state index is 0.344. The summed E-state index contributed by atoms with van der Waals surface area (Å²) in [5.41, 5.74) is 0. The van der Waals surface area contributed by atoms with Crippen LogP contribution in [0.3, 0.4) is 0 Å². The molecule has 116 valence electrons. The molecule has 0 unspecified atom stereocenters. The molecule has 2 saturated carbocycles. The Morgan fingerprint density at radius 3 is 2.19 bits per heavy atom. The highest BCUT2D eigenvalue weighted by Crippen LogP contribution is 2.37. The molecule has 0 radical (unpaired) electrons. The van der Waals surface area contributed by atoms with Crippen molar-refractivity contribution in [2.75, 3.05) is 20.2 Å². The van der Waals surface area contributed by atoms with Crippen LogP contribution in [0, 0.1) is 11.8 Å². The van der Waals surface area contributed by atoms with Gasteiger partial charge in [0.25, 0.3) is 0 Å². The third-order valence-electron chi connectivity index (χ3n) is 4.08. The van der Waals surface area contributed by atoms with Gasteiger partial charge in [-0.2, -0.15) is 4.31 Å².